The highest BCUT2D eigenvalue weighted by molar-refractivity contribution is 5.96. The van der Waals surface area contributed by atoms with Crippen LogP contribution in [0.15, 0.2) is 12.3 Å². The molecule has 0 bridgehead atoms. The van der Waals surface area contributed by atoms with Gasteiger partial charge in [0.2, 0.25) is 0 Å². The number of anilines is 2. The van der Waals surface area contributed by atoms with E-state index in [2.05, 4.69) is 16.9 Å². The first-order valence-corrected chi connectivity index (χ1v) is 6.36. The molecule has 6 nitrogen and oxygen atoms in total. The van der Waals surface area contributed by atoms with Crippen molar-refractivity contribution in [1.29, 1.82) is 0 Å². The molecule has 1 aliphatic rings. The first-order chi connectivity index (χ1) is 8.99. The number of hydrogen-bond donors (Lipinski definition) is 2. The molecule has 1 aliphatic heterocycles. The van der Waals surface area contributed by atoms with Gasteiger partial charge in [0, 0.05) is 26.3 Å². The number of pyridine rings is 1. The van der Waals surface area contributed by atoms with Crippen LogP contribution in [0.1, 0.15) is 16.8 Å². The number of carboxylic acids is 1. The van der Waals surface area contributed by atoms with Gasteiger partial charge in [-0.05, 0) is 32.0 Å². The summed E-state index contributed by atoms with van der Waals surface area (Å²) in [5.41, 5.74) is 6.24. The van der Waals surface area contributed by atoms with E-state index >= 15 is 0 Å². The second kappa shape index (κ2) is 5.44. The van der Waals surface area contributed by atoms with E-state index in [4.69, 9.17) is 10.8 Å². The summed E-state index contributed by atoms with van der Waals surface area (Å²) in [7, 11) is 4.01. The molecule has 0 radical (unpaired) electrons. The number of aromatic nitrogens is 1. The second-order valence-corrected chi connectivity index (χ2v) is 5.20. The minimum Gasteiger partial charge on any atom is -0.478 e. The van der Waals surface area contributed by atoms with Gasteiger partial charge in [-0.1, -0.05) is 0 Å². The second-order valence-electron chi connectivity index (χ2n) is 5.20. The average Bonchev–Trinajstić information content (AvgIpc) is 2.74. The molecule has 2 heterocycles. The Bertz CT molecular complexity index is 478. The Morgan fingerprint density at radius 2 is 2.42 bits per heavy atom. The highest BCUT2D eigenvalue weighted by atomic mass is 16.4. The first kappa shape index (κ1) is 13.6. The summed E-state index contributed by atoms with van der Waals surface area (Å²) in [5.74, 6) is 0.106. The third kappa shape index (κ3) is 2.96. The number of carbonyl (C=O) groups is 1. The number of likely N-dealkylation sites (tertiary alicyclic amines) is 1. The zero-order valence-corrected chi connectivity index (χ0v) is 11.3. The molecule has 6 heteroatoms. The molecule has 0 amide bonds. The molecule has 2 rings (SSSR count). The van der Waals surface area contributed by atoms with Crippen molar-refractivity contribution in [1.82, 2.24) is 9.88 Å². The Balaban J connectivity index is 2.13. The summed E-state index contributed by atoms with van der Waals surface area (Å²) >= 11 is 0. The quantitative estimate of drug-likeness (QED) is 0.835. The Labute approximate surface area is 112 Å². The van der Waals surface area contributed by atoms with Crippen molar-refractivity contribution in [3.63, 3.8) is 0 Å². The smallest absolute Gasteiger partial charge is 0.337 e. The Kier molecular flexibility index (Phi) is 3.90. The minimum absolute atomic E-state index is 0.111. The molecule has 0 aliphatic carbocycles. The Hall–Kier alpha value is -1.82. The van der Waals surface area contributed by atoms with Crippen molar-refractivity contribution in [3.8, 4) is 0 Å². The summed E-state index contributed by atoms with van der Waals surface area (Å²) < 4.78 is 0. The fraction of sp³-hybridized carbons (Fsp3) is 0.538. The molecule has 1 fully saturated rings. The zero-order chi connectivity index (χ0) is 14.0. The van der Waals surface area contributed by atoms with E-state index in [0.717, 1.165) is 26.1 Å². The molecule has 1 aromatic heterocycles. The van der Waals surface area contributed by atoms with Crippen LogP contribution in [0.5, 0.6) is 0 Å². The lowest BCUT2D eigenvalue weighted by Gasteiger charge is -2.23. The number of rotatable bonds is 4. The highest BCUT2D eigenvalue weighted by Gasteiger charge is 2.23. The van der Waals surface area contributed by atoms with Crippen LogP contribution in [0.4, 0.5) is 11.5 Å². The van der Waals surface area contributed by atoms with Crippen LogP contribution in [-0.4, -0.2) is 54.7 Å². The van der Waals surface area contributed by atoms with Crippen LogP contribution in [0, 0.1) is 5.92 Å². The Morgan fingerprint density at radius 3 is 3.00 bits per heavy atom. The van der Waals surface area contributed by atoms with Crippen LogP contribution in [0.25, 0.3) is 0 Å². The van der Waals surface area contributed by atoms with Gasteiger partial charge in [-0.25, -0.2) is 9.78 Å². The number of nitrogens with two attached hydrogens (primary N) is 1. The molecular weight excluding hydrogens is 244 g/mol. The third-order valence-electron chi connectivity index (χ3n) is 3.58. The van der Waals surface area contributed by atoms with Gasteiger partial charge in [-0.15, -0.1) is 0 Å². The molecule has 104 valence electrons. The standard InChI is InChI=1S/C13H20N4O2/c1-16-6-4-9(7-16)8-17(2)12-11(14)10(13(18)19)3-5-15-12/h3,5,9H,4,6-8,14H2,1-2H3,(H,18,19). The lowest BCUT2D eigenvalue weighted by atomic mass is 10.1. The average molecular weight is 264 g/mol. The molecule has 1 atom stereocenters. The molecule has 1 unspecified atom stereocenters. The highest BCUT2D eigenvalue weighted by Crippen LogP contribution is 2.25. The molecule has 0 saturated carbocycles. The normalized spacial score (nSPS) is 19.6. The topological polar surface area (TPSA) is 82.7 Å². The molecule has 1 aromatic rings. The minimum atomic E-state index is -1.02. The van der Waals surface area contributed by atoms with Gasteiger partial charge >= 0.3 is 5.97 Å². The maximum Gasteiger partial charge on any atom is 0.337 e. The van der Waals surface area contributed by atoms with Crippen LogP contribution in [0.3, 0.4) is 0 Å². The van der Waals surface area contributed by atoms with E-state index in [1.54, 1.807) is 0 Å². The molecule has 1 saturated heterocycles. The number of aromatic carboxylic acids is 1. The Morgan fingerprint density at radius 1 is 1.68 bits per heavy atom. The van der Waals surface area contributed by atoms with E-state index in [9.17, 15) is 4.79 Å². The summed E-state index contributed by atoms with van der Waals surface area (Å²) in [4.78, 5) is 19.5. The van der Waals surface area contributed by atoms with Gasteiger partial charge < -0.3 is 20.6 Å². The predicted molar refractivity (Wildman–Crippen MR) is 74.5 cm³/mol. The molecule has 0 aromatic carbocycles. The zero-order valence-electron chi connectivity index (χ0n) is 11.3. The fourth-order valence-corrected chi connectivity index (χ4v) is 2.60. The van der Waals surface area contributed by atoms with Crippen molar-refractivity contribution < 1.29 is 9.90 Å². The third-order valence-corrected chi connectivity index (χ3v) is 3.58. The van der Waals surface area contributed by atoms with Crippen LogP contribution < -0.4 is 10.6 Å². The van der Waals surface area contributed by atoms with Gasteiger partial charge in [-0.2, -0.15) is 0 Å². The fourth-order valence-electron chi connectivity index (χ4n) is 2.60. The van der Waals surface area contributed by atoms with E-state index in [-0.39, 0.29) is 11.3 Å². The summed E-state index contributed by atoms with van der Waals surface area (Å²) in [6, 6.07) is 1.43. The molecule has 19 heavy (non-hydrogen) atoms. The van der Waals surface area contributed by atoms with Crippen molar-refractivity contribution in [2.45, 2.75) is 6.42 Å². The van der Waals surface area contributed by atoms with Gasteiger partial charge in [0.15, 0.2) is 5.82 Å². The maximum atomic E-state index is 11.1. The van der Waals surface area contributed by atoms with E-state index in [1.165, 1.54) is 12.3 Å². The van der Waals surface area contributed by atoms with Crippen LogP contribution >= 0.6 is 0 Å². The van der Waals surface area contributed by atoms with E-state index in [1.807, 2.05) is 11.9 Å². The monoisotopic (exact) mass is 264 g/mol. The SMILES string of the molecule is CN1CCC(CN(C)c2nccc(C(=O)O)c2N)C1. The van der Waals surface area contributed by atoms with Gasteiger partial charge in [0.25, 0.3) is 0 Å². The van der Waals surface area contributed by atoms with Crippen molar-refractivity contribution in [3.05, 3.63) is 17.8 Å². The predicted octanol–water partition coefficient (Wildman–Crippen LogP) is 0.750. The van der Waals surface area contributed by atoms with Gasteiger partial charge in [0.1, 0.15) is 0 Å². The number of hydrogen-bond acceptors (Lipinski definition) is 5. The molecule has 3 N–H and O–H groups in total. The van der Waals surface area contributed by atoms with E-state index < -0.39 is 5.97 Å². The summed E-state index contributed by atoms with van der Waals surface area (Å²) in [5, 5.41) is 9.06. The molecular formula is C13H20N4O2. The largest absolute Gasteiger partial charge is 0.478 e. The lowest BCUT2D eigenvalue weighted by Crippen LogP contribution is -2.28. The molecule has 0 spiro atoms. The van der Waals surface area contributed by atoms with E-state index in [0.29, 0.717) is 11.7 Å². The number of carboxylic acid groups (broad SMARTS) is 1. The van der Waals surface area contributed by atoms with Crippen molar-refractivity contribution in [2.75, 3.05) is 44.4 Å². The maximum absolute atomic E-state index is 11.1. The van der Waals surface area contributed by atoms with Crippen LogP contribution in [0.2, 0.25) is 0 Å². The van der Waals surface area contributed by atoms with Crippen molar-refractivity contribution in [2.24, 2.45) is 5.92 Å². The number of nitrogens with zero attached hydrogens (tertiary/aromatic N) is 3. The van der Waals surface area contributed by atoms with Crippen LogP contribution in [-0.2, 0) is 0 Å². The first-order valence-electron chi connectivity index (χ1n) is 6.36. The van der Waals surface area contributed by atoms with Gasteiger partial charge in [-0.3, -0.25) is 0 Å². The summed E-state index contributed by atoms with van der Waals surface area (Å²) in [6.45, 7) is 3.00. The van der Waals surface area contributed by atoms with Gasteiger partial charge in [0.05, 0.1) is 11.3 Å². The number of nitrogen functional groups attached to an aromatic ring is 1. The lowest BCUT2D eigenvalue weighted by molar-refractivity contribution is 0.0698. The summed E-state index contributed by atoms with van der Waals surface area (Å²) in [6.07, 6.45) is 2.64. The van der Waals surface area contributed by atoms with Crippen molar-refractivity contribution >= 4 is 17.5 Å².